The highest BCUT2D eigenvalue weighted by molar-refractivity contribution is 4.85. The summed E-state index contributed by atoms with van der Waals surface area (Å²) in [5.74, 6) is 0. The van der Waals surface area contributed by atoms with E-state index >= 15 is 0 Å². The van der Waals surface area contributed by atoms with Crippen LogP contribution in [0.1, 0.15) is 27.2 Å². The van der Waals surface area contributed by atoms with Gasteiger partial charge in [0.05, 0.1) is 5.60 Å². The minimum absolute atomic E-state index is 0.00646. The van der Waals surface area contributed by atoms with Crippen LogP contribution >= 0.6 is 0 Å². The van der Waals surface area contributed by atoms with Crippen molar-refractivity contribution in [2.45, 2.75) is 32.8 Å². The van der Waals surface area contributed by atoms with Crippen LogP contribution in [-0.4, -0.2) is 12.7 Å². The lowest BCUT2D eigenvalue weighted by atomic mass is 10.1. The van der Waals surface area contributed by atoms with Crippen molar-refractivity contribution in [3.05, 3.63) is 12.2 Å². The summed E-state index contributed by atoms with van der Waals surface area (Å²) in [5.41, 5.74) is 0.00646. The summed E-state index contributed by atoms with van der Waals surface area (Å²) in [7, 11) is 1.74. The second-order valence-corrected chi connectivity index (χ2v) is 2.74. The van der Waals surface area contributed by atoms with E-state index in [1.54, 1.807) is 7.11 Å². The molecule has 0 N–H and O–H groups in total. The van der Waals surface area contributed by atoms with Crippen molar-refractivity contribution < 1.29 is 4.74 Å². The maximum atomic E-state index is 5.19. The summed E-state index contributed by atoms with van der Waals surface area (Å²) in [5, 5.41) is 0. The number of hydrogen-bond acceptors (Lipinski definition) is 1. The Morgan fingerprint density at radius 2 is 2.00 bits per heavy atom. The molecule has 0 aliphatic heterocycles. The first-order valence-electron chi connectivity index (χ1n) is 3.28. The fourth-order valence-corrected chi connectivity index (χ4v) is 0.485. The highest BCUT2D eigenvalue weighted by atomic mass is 16.5. The molecule has 0 aliphatic rings. The maximum Gasteiger partial charge on any atom is 0.0657 e. The molecule has 0 heterocycles. The molecule has 1 heteroatoms. The molecular weight excluding hydrogens is 112 g/mol. The van der Waals surface area contributed by atoms with Gasteiger partial charge >= 0.3 is 0 Å². The molecule has 0 radical (unpaired) electrons. The second kappa shape index (κ2) is 3.67. The maximum absolute atomic E-state index is 5.19. The molecule has 1 nitrogen and oxygen atoms in total. The van der Waals surface area contributed by atoms with Crippen molar-refractivity contribution in [2.75, 3.05) is 7.11 Å². The Kier molecular flexibility index (Phi) is 3.55. The average molecular weight is 128 g/mol. The molecule has 0 saturated heterocycles. The van der Waals surface area contributed by atoms with Crippen LogP contribution < -0.4 is 0 Å². The summed E-state index contributed by atoms with van der Waals surface area (Å²) in [4.78, 5) is 0. The number of hydrogen-bond donors (Lipinski definition) is 0. The van der Waals surface area contributed by atoms with Gasteiger partial charge in [-0.15, -0.1) is 0 Å². The monoisotopic (exact) mass is 128 g/mol. The summed E-state index contributed by atoms with van der Waals surface area (Å²) in [6.45, 7) is 6.17. The van der Waals surface area contributed by atoms with E-state index in [9.17, 15) is 0 Å². The van der Waals surface area contributed by atoms with E-state index in [0.29, 0.717) is 0 Å². The number of allylic oxidation sites excluding steroid dienone is 1. The molecule has 0 aromatic carbocycles. The molecule has 0 aliphatic carbocycles. The molecule has 0 atom stereocenters. The van der Waals surface area contributed by atoms with Crippen LogP contribution in [0.5, 0.6) is 0 Å². The summed E-state index contributed by atoms with van der Waals surface area (Å²) >= 11 is 0. The van der Waals surface area contributed by atoms with Crippen molar-refractivity contribution in [1.29, 1.82) is 0 Å². The second-order valence-electron chi connectivity index (χ2n) is 2.74. The van der Waals surface area contributed by atoms with E-state index in [0.717, 1.165) is 6.42 Å². The minimum Gasteiger partial charge on any atom is -0.378 e. The van der Waals surface area contributed by atoms with Crippen molar-refractivity contribution in [1.82, 2.24) is 0 Å². The van der Waals surface area contributed by atoms with Crippen LogP contribution in [0.3, 0.4) is 0 Å². The van der Waals surface area contributed by atoms with E-state index in [-0.39, 0.29) is 5.60 Å². The third-order valence-corrected chi connectivity index (χ3v) is 1.40. The highest BCUT2D eigenvalue weighted by Crippen LogP contribution is 2.12. The van der Waals surface area contributed by atoms with Crippen LogP contribution in [0.4, 0.5) is 0 Å². The lowest BCUT2D eigenvalue weighted by molar-refractivity contribution is 0.0255. The molecule has 0 spiro atoms. The fraction of sp³-hybridized carbons (Fsp3) is 0.750. The number of methoxy groups -OCH3 is 1. The number of ether oxygens (including phenoxy) is 1. The lowest BCUT2D eigenvalue weighted by Crippen LogP contribution is -2.20. The normalized spacial score (nSPS) is 12.9. The average Bonchev–Trinajstić information content (AvgIpc) is 1.84. The zero-order valence-electron chi connectivity index (χ0n) is 6.77. The lowest BCUT2D eigenvalue weighted by Gasteiger charge is -2.20. The highest BCUT2D eigenvalue weighted by Gasteiger charge is 2.12. The van der Waals surface area contributed by atoms with Gasteiger partial charge in [0.1, 0.15) is 0 Å². The van der Waals surface area contributed by atoms with Crippen LogP contribution in [0.15, 0.2) is 12.2 Å². The molecule has 0 aromatic heterocycles. The Hall–Kier alpha value is -0.300. The summed E-state index contributed by atoms with van der Waals surface area (Å²) < 4.78 is 5.19. The van der Waals surface area contributed by atoms with Crippen LogP contribution in [0.2, 0.25) is 0 Å². The molecule has 9 heavy (non-hydrogen) atoms. The first kappa shape index (κ1) is 8.70. The van der Waals surface area contributed by atoms with E-state index < -0.39 is 0 Å². The Morgan fingerprint density at radius 3 is 2.33 bits per heavy atom. The van der Waals surface area contributed by atoms with Gasteiger partial charge in [-0.3, -0.25) is 0 Å². The van der Waals surface area contributed by atoms with Gasteiger partial charge in [-0.25, -0.2) is 0 Å². The molecule has 54 valence electrons. The van der Waals surface area contributed by atoms with E-state index in [4.69, 9.17) is 4.74 Å². The Bertz CT molecular complexity index is 92.7. The molecule has 0 unspecified atom stereocenters. The standard InChI is InChI=1S/C8H16O/c1-5-6-7-8(2,3)9-4/h5-6H,7H2,1-4H3/b6-5+. The molecule has 0 bridgehead atoms. The van der Waals surface area contributed by atoms with Gasteiger partial charge in [0, 0.05) is 7.11 Å². The van der Waals surface area contributed by atoms with Crippen LogP contribution in [0.25, 0.3) is 0 Å². The third kappa shape index (κ3) is 4.22. The molecule has 0 amide bonds. The van der Waals surface area contributed by atoms with Gasteiger partial charge in [-0.2, -0.15) is 0 Å². The Morgan fingerprint density at radius 1 is 1.44 bits per heavy atom. The summed E-state index contributed by atoms with van der Waals surface area (Å²) in [6, 6.07) is 0. The smallest absolute Gasteiger partial charge is 0.0657 e. The third-order valence-electron chi connectivity index (χ3n) is 1.40. The quantitative estimate of drug-likeness (QED) is 0.530. The zero-order chi connectivity index (χ0) is 7.33. The Balaban J connectivity index is 3.58. The van der Waals surface area contributed by atoms with Gasteiger partial charge in [-0.05, 0) is 27.2 Å². The zero-order valence-corrected chi connectivity index (χ0v) is 6.77. The molecule has 0 fully saturated rings. The van der Waals surface area contributed by atoms with Gasteiger partial charge in [0.25, 0.3) is 0 Å². The first-order valence-corrected chi connectivity index (χ1v) is 3.28. The SMILES string of the molecule is C/C=C/CC(C)(C)OC. The van der Waals surface area contributed by atoms with Crippen molar-refractivity contribution in [3.63, 3.8) is 0 Å². The van der Waals surface area contributed by atoms with Crippen molar-refractivity contribution >= 4 is 0 Å². The predicted molar refractivity (Wildman–Crippen MR) is 40.5 cm³/mol. The Labute approximate surface area is 57.7 Å². The summed E-state index contributed by atoms with van der Waals surface area (Å²) in [6.07, 6.45) is 5.14. The van der Waals surface area contributed by atoms with E-state index in [1.807, 2.05) is 13.0 Å². The number of rotatable bonds is 3. The van der Waals surface area contributed by atoms with Gasteiger partial charge < -0.3 is 4.74 Å². The van der Waals surface area contributed by atoms with E-state index in [1.165, 1.54) is 0 Å². The van der Waals surface area contributed by atoms with Gasteiger partial charge in [-0.1, -0.05) is 12.2 Å². The topological polar surface area (TPSA) is 9.23 Å². The predicted octanol–water partition coefficient (Wildman–Crippen LogP) is 2.38. The fourth-order valence-electron chi connectivity index (χ4n) is 0.485. The molecular formula is C8H16O. The van der Waals surface area contributed by atoms with Gasteiger partial charge in [0.2, 0.25) is 0 Å². The van der Waals surface area contributed by atoms with Crippen molar-refractivity contribution in [2.24, 2.45) is 0 Å². The molecule has 0 saturated carbocycles. The minimum atomic E-state index is 0.00646. The van der Waals surface area contributed by atoms with Crippen LogP contribution in [0, 0.1) is 0 Å². The van der Waals surface area contributed by atoms with E-state index in [2.05, 4.69) is 19.9 Å². The van der Waals surface area contributed by atoms with Gasteiger partial charge in [0.15, 0.2) is 0 Å². The molecule has 0 aromatic rings. The largest absolute Gasteiger partial charge is 0.378 e. The molecule has 0 rings (SSSR count). The van der Waals surface area contributed by atoms with Crippen LogP contribution in [-0.2, 0) is 4.74 Å². The van der Waals surface area contributed by atoms with Crippen molar-refractivity contribution in [3.8, 4) is 0 Å². The first-order chi connectivity index (χ1) is 4.12.